The molecule has 0 aliphatic carbocycles. The van der Waals surface area contributed by atoms with Gasteiger partial charge in [0, 0.05) is 11.9 Å². The molecule has 0 atom stereocenters. The first-order chi connectivity index (χ1) is 7.90. The summed E-state index contributed by atoms with van der Waals surface area (Å²) in [5.41, 5.74) is 1.32. The fourth-order valence-electron chi connectivity index (χ4n) is 1.41. The Morgan fingerprint density at radius 2 is 1.61 bits per heavy atom. The van der Waals surface area contributed by atoms with Crippen LogP contribution in [0, 0.1) is 13.8 Å². The van der Waals surface area contributed by atoms with Gasteiger partial charge in [0.2, 0.25) is 0 Å². The van der Waals surface area contributed by atoms with Gasteiger partial charge < -0.3 is 29.2 Å². The minimum absolute atomic E-state index is 0.551. The Morgan fingerprint density at radius 3 is 1.89 bits per heavy atom. The summed E-state index contributed by atoms with van der Waals surface area (Å²) in [5.74, 6) is 0. The number of nitrogens with zero attached hydrogens (tertiary/aromatic N) is 1. The summed E-state index contributed by atoms with van der Waals surface area (Å²) < 4.78 is 23.5. The SMILES string of the molecule is Cc1ccn(CC(O)(P(=O)(O)O)P(=O)(O)O)c1C. The molecule has 0 amide bonds. The number of rotatable bonds is 4. The van der Waals surface area contributed by atoms with E-state index >= 15 is 0 Å². The quantitative estimate of drug-likeness (QED) is 0.497. The Morgan fingerprint density at radius 1 is 1.17 bits per heavy atom. The van der Waals surface area contributed by atoms with Gasteiger partial charge >= 0.3 is 15.2 Å². The van der Waals surface area contributed by atoms with Crippen molar-refractivity contribution in [3.63, 3.8) is 0 Å². The normalized spacial score (nSPS) is 13.9. The number of hydrogen-bond acceptors (Lipinski definition) is 3. The molecule has 1 rings (SSSR count). The van der Waals surface area contributed by atoms with Crippen molar-refractivity contribution in [2.75, 3.05) is 0 Å². The van der Waals surface area contributed by atoms with Crippen LogP contribution in [0.5, 0.6) is 0 Å². The first-order valence-corrected chi connectivity index (χ1v) is 8.08. The van der Waals surface area contributed by atoms with E-state index in [9.17, 15) is 14.2 Å². The first kappa shape index (κ1) is 15.6. The van der Waals surface area contributed by atoms with Crippen molar-refractivity contribution in [3.05, 3.63) is 23.5 Å². The van der Waals surface area contributed by atoms with Crippen LogP contribution in [0.3, 0.4) is 0 Å². The largest absolute Gasteiger partial charge is 0.371 e. The third-order valence-corrected chi connectivity index (χ3v) is 6.53. The molecule has 5 N–H and O–H groups in total. The van der Waals surface area contributed by atoms with Crippen molar-refractivity contribution in [2.45, 2.75) is 25.5 Å². The zero-order valence-electron chi connectivity index (χ0n) is 9.76. The van der Waals surface area contributed by atoms with Crippen molar-refractivity contribution in [1.29, 1.82) is 0 Å². The molecule has 104 valence electrons. The Labute approximate surface area is 103 Å². The highest BCUT2D eigenvalue weighted by Gasteiger charge is 2.59. The molecule has 0 aliphatic rings. The van der Waals surface area contributed by atoms with E-state index in [4.69, 9.17) is 19.6 Å². The standard InChI is InChI=1S/C8H15NO7P2/c1-6-3-4-9(7(6)2)5-8(10,17(11,12)13)18(14,15)16/h3-4,10H,5H2,1-2H3,(H2,11,12,13)(H2,14,15,16). The minimum Gasteiger partial charge on any atom is -0.366 e. The second kappa shape index (κ2) is 4.58. The third-order valence-electron chi connectivity index (χ3n) is 2.82. The minimum atomic E-state index is -5.41. The van der Waals surface area contributed by atoms with Crippen LogP contribution < -0.4 is 0 Å². The molecule has 18 heavy (non-hydrogen) atoms. The van der Waals surface area contributed by atoms with Crippen molar-refractivity contribution < 1.29 is 33.8 Å². The molecule has 1 heterocycles. The molecular formula is C8H15NO7P2. The van der Waals surface area contributed by atoms with Crippen LogP contribution in [0.1, 0.15) is 11.3 Å². The number of aryl methyl sites for hydroxylation is 1. The predicted octanol–water partition coefficient (Wildman–Crippen LogP) is 0.106. The van der Waals surface area contributed by atoms with E-state index in [2.05, 4.69) is 0 Å². The van der Waals surface area contributed by atoms with Gasteiger partial charge in [-0.2, -0.15) is 0 Å². The lowest BCUT2D eigenvalue weighted by molar-refractivity contribution is 0.115. The van der Waals surface area contributed by atoms with E-state index in [-0.39, 0.29) is 0 Å². The van der Waals surface area contributed by atoms with Gasteiger partial charge in [0.1, 0.15) is 0 Å². The van der Waals surface area contributed by atoms with Gasteiger partial charge in [0.05, 0.1) is 6.54 Å². The summed E-state index contributed by atoms with van der Waals surface area (Å²) >= 11 is 0. The fraction of sp³-hybridized carbons (Fsp3) is 0.500. The zero-order valence-corrected chi connectivity index (χ0v) is 11.5. The van der Waals surface area contributed by atoms with Gasteiger partial charge in [-0.25, -0.2) is 0 Å². The fourth-order valence-corrected chi connectivity index (χ4v) is 3.45. The van der Waals surface area contributed by atoms with Crippen LogP contribution in [-0.2, 0) is 15.7 Å². The molecule has 0 fully saturated rings. The molecule has 0 unspecified atom stereocenters. The van der Waals surface area contributed by atoms with Gasteiger partial charge in [-0.05, 0) is 25.5 Å². The maximum Gasteiger partial charge on any atom is 0.371 e. The maximum absolute atomic E-state index is 11.2. The second-order valence-corrected chi connectivity index (χ2v) is 8.08. The van der Waals surface area contributed by atoms with Gasteiger partial charge in [-0.1, -0.05) is 0 Å². The molecule has 0 saturated heterocycles. The Bertz CT molecular complexity index is 518. The molecule has 0 saturated carbocycles. The molecule has 10 heteroatoms. The molecule has 0 spiro atoms. The topological polar surface area (TPSA) is 140 Å². The third kappa shape index (κ3) is 2.60. The van der Waals surface area contributed by atoms with Crippen LogP contribution >= 0.6 is 15.2 Å². The summed E-state index contributed by atoms with van der Waals surface area (Å²) in [7, 11) is -10.8. The summed E-state index contributed by atoms with van der Waals surface area (Å²) in [5, 5.41) is 6.30. The zero-order chi connectivity index (χ0) is 14.4. The Kier molecular flexibility index (Phi) is 3.97. The molecule has 1 aromatic heterocycles. The molecule has 0 aromatic carbocycles. The molecule has 1 aromatic rings. The Balaban J connectivity index is 3.29. The summed E-state index contributed by atoms with van der Waals surface area (Å²) in [6.45, 7) is 2.44. The summed E-state index contributed by atoms with van der Waals surface area (Å²) in [6, 6.07) is 1.61. The first-order valence-electron chi connectivity index (χ1n) is 4.86. The van der Waals surface area contributed by atoms with E-state index in [0.717, 1.165) is 5.56 Å². The van der Waals surface area contributed by atoms with Crippen LogP contribution in [-0.4, -0.2) is 34.3 Å². The van der Waals surface area contributed by atoms with Gasteiger partial charge in [-0.3, -0.25) is 9.13 Å². The van der Waals surface area contributed by atoms with E-state index in [1.165, 1.54) is 10.8 Å². The smallest absolute Gasteiger partial charge is 0.366 e. The van der Waals surface area contributed by atoms with E-state index < -0.39 is 26.8 Å². The highest BCUT2D eigenvalue weighted by molar-refractivity contribution is 7.72. The summed E-state index contributed by atoms with van der Waals surface area (Å²) in [4.78, 5) is 35.9. The molecule has 0 aliphatic heterocycles. The Hall–Kier alpha value is -0.460. The number of aromatic nitrogens is 1. The van der Waals surface area contributed by atoms with E-state index in [0.29, 0.717) is 5.69 Å². The molecule has 8 nitrogen and oxygen atoms in total. The van der Waals surface area contributed by atoms with Crippen LogP contribution in [0.25, 0.3) is 0 Å². The van der Waals surface area contributed by atoms with Crippen LogP contribution in [0.15, 0.2) is 12.3 Å². The van der Waals surface area contributed by atoms with Crippen molar-refractivity contribution >= 4 is 15.2 Å². The predicted molar refractivity (Wildman–Crippen MR) is 62.9 cm³/mol. The van der Waals surface area contributed by atoms with E-state index in [1.807, 2.05) is 0 Å². The lowest BCUT2D eigenvalue weighted by Gasteiger charge is -2.30. The average molecular weight is 299 g/mol. The second-order valence-electron chi connectivity index (χ2n) is 4.07. The van der Waals surface area contributed by atoms with Crippen LogP contribution in [0.4, 0.5) is 0 Å². The summed E-state index contributed by atoms with van der Waals surface area (Å²) in [6.07, 6.45) is 1.39. The number of hydrogen-bond donors (Lipinski definition) is 5. The van der Waals surface area contributed by atoms with Gasteiger partial charge in [-0.15, -0.1) is 0 Å². The van der Waals surface area contributed by atoms with Crippen molar-refractivity contribution in [3.8, 4) is 0 Å². The lowest BCUT2D eigenvalue weighted by Crippen LogP contribution is -2.34. The molecule has 0 radical (unpaired) electrons. The van der Waals surface area contributed by atoms with Gasteiger partial charge in [0.15, 0.2) is 0 Å². The highest BCUT2D eigenvalue weighted by Crippen LogP contribution is 2.68. The van der Waals surface area contributed by atoms with Crippen molar-refractivity contribution in [2.24, 2.45) is 0 Å². The van der Waals surface area contributed by atoms with Crippen molar-refractivity contribution in [1.82, 2.24) is 4.57 Å². The number of aliphatic hydroxyl groups is 1. The maximum atomic E-state index is 11.2. The van der Waals surface area contributed by atoms with E-state index in [1.54, 1.807) is 19.9 Å². The molecular weight excluding hydrogens is 284 g/mol. The average Bonchev–Trinajstić information content (AvgIpc) is 2.46. The lowest BCUT2D eigenvalue weighted by atomic mass is 10.3. The highest BCUT2D eigenvalue weighted by atomic mass is 31.2. The van der Waals surface area contributed by atoms with Crippen LogP contribution in [0.2, 0.25) is 0 Å². The molecule has 0 bridgehead atoms. The monoisotopic (exact) mass is 299 g/mol. The van der Waals surface area contributed by atoms with Gasteiger partial charge in [0.25, 0.3) is 5.08 Å².